The van der Waals surface area contributed by atoms with Crippen LogP contribution in [0.2, 0.25) is 0 Å². The van der Waals surface area contributed by atoms with Gasteiger partial charge in [0.2, 0.25) is 0 Å². The molecule has 0 saturated carbocycles. The van der Waals surface area contributed by atoms with Crippen molar-refractivity contribution in [2.45, 2.75) is 0 Å². The van der Waals surface area contributed by atoms with E-state index in [0.29, 0.717) is 0 Å². The molecule has 0 fully saturated rings. The smallest absolute Gasteiger partial charge is 0.0634 e. The average Bonchev–Trinajstić information content (AvgIpc) is 3.71. The van der Waals surface area contributed by atoms with Crippen LogP contribution in [0.1, 0.15) is 0 Å². The lowest BCUT2D eigenvalue weighted by molar-refractivity contribution is 1.15. The number of hydrogen-bond acceptors (Lipinski definition) is 1. The molecule has 7 aromatic carbocycles. The molecule has 2 heteroatoms. The molecule has 0 radical (unpaired) electrons. The fraction of sp³-hybridized carbons (Fsp3) is 0. The summed E-state index contributed by atoms with van der Waals surface area (Å²) in [5, 5.41) is 3.87. The molecule has 0 aliphatic heterocycles. The Morgan fingerprint density at radius 3 is 1.57 bits per heavy atom. The SMILES string of the molecule is c1ccc(-c2ccc(-c3ccc4c(c3)c(-c3ccc(-c5ccccc5)cc3)cn4-c3cccc4c3sc3ccccc34)cc2)cc1. The van der Waals surface area contributed by atoms with Crippen molar-refractivity contribution in [3.8, 4) is 50.2 Å². The molecule has 0 aliphatic carbocycles. The van der Waals surface area contributed by atoms with Gasteiger partial charge >= 0.3 is 0 Å². The van der Waals surface area contributed by atoms with Crippen molar-refractivity contribution < 1.29 is 0 Å². The molecular weight excluding hydrogens is 575 g/mol. The highest BCUT2D eigenvalue weighted by Crippen LogP contribution is 2.41. The average molecular weight is 604 g/mol. The van der Waals surface area contributed by atoms with Crippen molar-refractivity contribution in [2.24, 2.45) is 0 Å². The molecule has 0 amide bonds. The van der Waals surface area contributed by atoms with Gasteiger partial charge in [0, 0.05) is 32.6 Å². The van der Waals surface area contributed by atoms with Crippen molar-refractivity contribution in [2.75, 3.05) is 0 Å². The minimum absolute atomic E-state index is 1.21. The Hall–Kier alpha value is -5.70. The monoisotopic (exact) mass is 603 g/mol. The summed E-state index contributed by atoms with van der Waals surface area (Å²) in [5.74, 6) is 0. The van der Waals surface area contributed by atoms with E-state index >= 15 is 0 Å². The van der Waals surface area contributed by atoms with Crippen molar-refractivity contribution in [3.63, 3.8) is 0 Å². The van der Waals surface area contributed by atoms with Gasteiger partial charge in [-0.2, -0.15) is 0 Å². The summed E-state index contributed by atoms with van der Waals surface area (Å²) in [6, 6.07) is 61.5. The highest BCUT2D eigenvalue weighted by atomic mass is 32.1. The first-order valence-corrected chi connectivity index (χ1v) is 16.5. The van der Waals surface area contributed by atoms with Gasteiger partial charge in [-0.3, -0.25) is 0 Å². The van der Waals surface area contributed by atoms with Gasteiger partial charge in [-0.25, -0.2) is 0 Å². The molecular formula is C44H29NS. The fourth-order valence-corrected chi connectivity index (χ4v) is 7.93. The lowest BCUT2D eigenvalue weighted by atomic mass is 9.97. The van der Waals surface area contributed by atoms with E-state index in [4.69, 9.17) is 0 Å². The summed E-state index contributed by atoms with van der Waals surface area (Å²) < 4.78 is 5.03. The van der Waals surface area contributed by atoms with Crippen molar-refractivity contribution in [3.05, 3.63) is 176 Å². The Bertz CT molecular complexity index is 2480. The number of rotatable bonds is 5. The molecule has 2 heterocycles. The molecule has 9 aromatic rings. The summed E-state index contributed by atoms with van der Waals surface area (Å²) in [4.78, 5) is 0. The maximum Gasteiger partial charge on any atom is 0.0634 e. The van der Waals surface area contributed by atoms with Crippen LogP contribution < -0.4 is 0 Å². The quantitative estimate of drug-likeness (QED) is 0.184. The minimum Gasteiger partial charge on any atom is -0.314 e. The van der Waals surface area contributed by atoms with Crippen LogP contribution in [0.5, 0.6) is 0 Å². The summed E-state index contributed by atoms with van der Waals surface area (Å²) in [7, 11) is 0. The Labute approximate surface area is 272 Å². The molecule has 0 atom stereocenters. The van der Waals surface area contributed by atoms with Crippen LogP contribution in [0.4, 0.5) is 0 Å². The van der Waals surface area contributed by atoms with Crippen molar-refractivity contribution >= 4 is 42.4 Å². The first-order chi connectivity index (χ1) is 22.8. The number of hydrogen-bond donors (Lipinski definition) is 0. The molecule has 0 spiro atoms. The Morgan fingerprint density at radius 1 is 0.370 bits per heavy atom. The van der Waals surface area contributed by atoms with Gasteiger partial charge in [0.05, 0.1) is 15.9 Å². The molecule has 0 N–H and O–H groups in total. The molecule has 0 unspecified atom stereocenters. The third-order valence-corrected chi connectivity index (χ3v) is 10.3. The standard InChI is InChI=1S/C44H29NS/c1-3-10-30(11-4-1)32-18-20-34(21-19-32)36-26-27-41-39(28-36)40(35-24-22-33(23-25-35)31-12-5-2-6-13-31)29-45(41)42-16-9-15-38-37-14-7-8-17-43(37)46-44(38)42/h1-29H. The van der Waals surface area contributed by atoms with Gasteiger partial charge in [-0.05, 0) is 63.2 Å². The minimum atomic E-state index is 1.21. The zero-order chi connectivity index (χ0) is 30.5. The highest BCUT2D eigenvalue weighted by Gasteiger charge is 2.17. The Balaban J connectivity index is 1.21. The maximum absolute atomic E-state index is 2.40. The summed E-state index contributed by atoms with van der Waals surface area (Å²) >= 11 is 1.87. The Morgan fingerprint density at radius 2 is 0.891 bits per heavy atom. The summed E-state index contributed by atoms with van der Waals surface area (Å²) in [6.07, 6.45) is 2.34. The number of nitrogens with zero attached hydrogens (tertiary/aromatic N) is 1. The molecule has 0 bridgehead atoms. The lowest BCUT2D eigenvalue weighted by Crippen LogP contribution is -1.92. The predicted octanol–water partition coefficient (Wildman–Crippen LogP) is 12.7. The molecule has 46 heavy (non-hydrogen) atoms. The molecule has 2 aromatic heterocycles. The van der Waals surface area contributed by atoms with E-state index in [1.807, 2.05) is 11.3 Å². The van der Waals surface area contributed by atoms with Crippen LogP contribution in [-0.4, -0.2) is 4.57 Å². The number of benzene rings is 7. The number of fused-ring (bicyclic) bond motifs is 4. The van der Waals surface area contributed by atoms with Crippen LogP contribution >= 0.6 is 11.3 Å². The molecule has 0 saturated heterocycles. The predicted molar refractivity (Wildman–Crippen MR) is 198 cm³/mol. The first kappa shape index (κ1) is 26.7. The van der Waals surface area contributed by atoms with Crippen molar-refractivity contribution in [1.82, 2.24) is 4.57 Å². The van der Waals surface area contributed by atoms with Crippen LogP contribution in [0.3, 0.4) is 0 Å². The molecule has 1 nitrogen and oxygen atoms in total. The fourth-order valence-electron chi connectivity index (χ4n) is 6.72. The van der Waals surface area contributed by atoms with E-state index in [-0.39, 0.29) is 0 Å². The largest absolute Gasteiger partial charge is 0.314 e. The van der Waals surface area contributed by atoms with Gasteiger partial charge in [0.1, 0.15) is 0 Å². The van der Waals surface area contributed by atoms with E-state index in [9.17, 15) is 0 Å². The van der Waals surface area contributed by atoms with Crippen LogP contribution in [0.15, 0.2) is 176 Å². The second-order valence-corrected chi connectivity index (χ2v) is 12.8. The Kier molecular flexibility index (Phi) is 6.40. The number of aromatic nitrogens is 1. The zero-order valence-electron chi connectivity index (χ0n) is 25.1. The maximum atomic E-state index is 2.40. The van der Waals surface area contributed by atoms with Gasteiger partial charge in [-0.15, -0.1) is 11.3 Å². The second-order valence-electron chi connectivity index (χ2n) is 11.8. The van der Waals surface area contributed by atoms with E-state index in [0.717, 1.165) is 0 Å². The van der Waals surface area contributed by atoms with E-state index in [1.165, 1.54) is 81.3 Å². The van der Waals surface area contributed by atoms with E-state index < -0.39 is 0 Å². The third kappa shape index (κ3) is 4.54. The van der Waals surface area contributed by atoms with Gasteiger partial charge in [-0.1, -0.05) is 146 Å². The van der Waals surface area contributed by atoms with Gasteiger partial charge in [0.25, 0.3) is 0 Å². The molecule has 0 aliphatic rings. The topological polar surface area (TPSA) is 4.93 Å². The second kappa shape index (κ2) is 11.0. The van der Waals surface area contributed by atoms with E-state index in [1.54, 1.807) is 0 Å². The highest BCUT2D eigenvalue weighted by molar-refractivity contribution is 7.26. The van der Waals surface area contributed by atoms with Crippen LogP contribution in [-0.2, 0) is 0 Å². The van der Waals surface area contributed by atoms with Crippen LogP contribution in [0.25, 0.3) is 81.3 Å². The molecule has 216 valence electrons. The zero-order valence-corrected chi connectivity index (χ0v) is 25.9. The van der Waals surface area contributed by atoms with E-state index in [2.05, 4.69) is 181 Å². The van der Waals surface area contributed by atoms with Gasteiger partial charge in [0.15, 0.2) is 0 Å². The van der Waals surface area contributed by atoms with Crippen molar-refractivity contribution in [1.29, 1.82) is 0 Å². The number of thiophene rings is 1. The lowest BCUT2D eigenvalue weighted by Gasteiger charge is -2.09. The first-order valence-electron chi connectivity index (χ1n) is 15.7. The third-order valence-electron chi connectivity index (χ3n) is 9.08. The normalized spacial score (nSPS) is 11.5. The summed E-state index contributed by atoms with van der Waals surface area (Å²) in [5.41, 5.74) is 12.2. The van der Waals surface area contributed by atoms with Gasteiger partial charge < -0.3 is 4.57 Å². The summed E-state index contributed by atoms with van der Waals surface area (Å²) in [6.45, 7) is 0. The van der Waals surface area contributed by atoms with Crippen LogP contribution in [0, 0.1) is 0 Å². The molecule has 9 rings (SSSR count).